The molecule has 124 valence electrons. The van der Waals surface area contributed by atoms with Crippen molar-refractivity contribution in [2.75, 3.05) is 13.1 Å². The monoisotopic (exact) mass is 398 g/mol. The molecule has 0 radical (unpaired) electrons. The molecule has 0 aliphatic carbocycles. The van der Waals surface area contributed by atoms with Crippen molar-refractivity contribution >= 4 is 23.9 Å². The van der Waals surface area contributed by atoms with E-state index in [-0.39, 0.29) is 118 Å². The summed E-state index contributed by atoms with van der Waals surface area (Å²) >= 11 is 0. The van der Waals surface area contributed by atoms with E-state index in [1.807, 2.05) is 0 Å². The average Bonchev–Trinajstić information content (AvgIpc) is 2.36. The summed E-state index contributed by atoms with van der Waals surface area (Å²) in [6.07, 6.45) is -0.935. The number of aliphatic carboxylic acids is 4. The van der Waals surface area contributed by atoms with E-state index in [0.717, 1.165) is 19.5 Å². The van der Waals surface area contributed by atoms with Gasteiger partial charge in [0.2, 0.25) is 0 Å². The number of carbonyl (C=O) groups is 4. The van der Waals surface area contributed by atoms with E-state index >= 15 is 0 Å². The summed E-state index contributed by atoms with van der Waals surface area (Å²) in [5.74, 6) is -5.47. The van der Waals surface area contributed by atoms with Gasteiger partial charge in [-0.1, -0.05) is 0 Å². The van der Waals surface area contributed by atoms with Gasteiger partial charge in [-0.25, -0.2) is 0 Å². The van der Waals surface area contributed by atoms with Crippen molar-refractivity contribution in [2.24, 2.45) is 11.5 Å². The molecule has 0 saturated carbocycles. The van der Waals surface area contributed by atoms with E-state index in [1.54, 1.807) is 0 Å². The van der Waals surface area contributed by atoms with Gasteiger partial charge < -0.3 is 51.1 Å². The van der Waals surface area contributed by atoms with Gasteiger partial charge in [0.15, 0.2) is 0 Å². The minimum Gasteiger partial charge on any atom is -0.550 e. The Kier molecular flexibility index (Phi) is 66.8. The Morgan fingerprint density at radius 2 is 0.680 bits per heavy atom. The van der Waals surface area contributed by atoms with Crippen LogP contribution in [0.15, 0.2) is 0 Å². The molecule has 0 bridgehead atoms. The molecule has 0 amide bonds. The van der Waals surface area contributed by atoms with E-state index in [0.29, 0.717) is 0 Å². The number of hydrogen-bond acceptors (Lipinski definition) is 10. The SMILES string of the molecule is NCCCN.O=C([O-])CCC(=O)[O-].O=C([O-])CCC(=O)[O-].[Na+].[Na+].[Na+].[Na+]. The number of nitrogens with two attached hydrogens (primary N) is 2. The van der Waals surface area contributed by atoms with Crippen LogP contribution in [0.2, 0.25) is 0 Å². The van der Waals surface area contributed by atoms with Crippen molar-refractivity contribution in [1.82, 2.24) is 0 Å². The first-order valence-corrected chi connectivity index (χ1v) is 5.86. The van der Waals surface area contributed by atoms with Crippen LogP contribution in [-0.2, 0) is 19.2 Å². The molecule has 0 saturated heterocycles. The fraction of sp³-hybridized carbons (Fsp3) is 0.636. The molecule has 0 fully saturated rings. The Morgan fingerprint density at radius 3 is 0.720 bits per heavy atom. The smallest absolute Gasteiger partial charge is 0.550 e. The Morgan fingerprint density at radius 1 is 0.520 bits per heavy atom. The van der Waals surface area contributed by atoms with E-state index in [4.69, 9.17) is 11.5 Å². The van der Waals surface area contributed by atoms with E-state index < -0.39 is 49.6 Å². The van der Waals surface area contributed by atoms with E-state index in [1.165, 1.54) is 0 Å². The molecule has 0 aliphatic heterocycles. The summed E-state index contributed by atoms with van der Waals surface area (Å²) in [4.78, 5) is 38.0. The average molecular weight is 398 g/mol. The molecule has 0 rings (SSSR count). The molecule has 4 N–H and O–H groups in total. The summed E-state index contributed by atoms with van der Waals surface area (Å²) in [5.41, 5.74) is 10.1. The third-order valence-electron chi connectivity index (χ3n) is 1.47. The second-order valence-electron chi connectivity index (χ2n) is 3.42. The molecule has 0 spiro atoms. The standard InChI is InChI=1S/2C4H6O4.C3H10N2.4Na/c2*5-3(6)1-2-4(7)8;4-2-1-3-5;;;;/h2*1-2H2,(H,5,6)(H,7,8);1-5H2;;;;/q;;;4*+1/p-4. The van der Waals surface area contributed by atoms with Crippen LogP contribution in [-0.4, -0.2) is 37.0 Å². The van der Waals surface area contributed by atoms with Crippen LogP contribution < -0.4 is 150 Å². The molecular formula is C11H18N2Na4O8. The summed E-state index contributed by atoms with van der Waals surface area (Å²) in [6.45, 7) is 1.44. The summed E-state index contributed by atoms with van der Waals surface area (Å²) in [5, 5.41) is 38.0. The normalized spacial score (nSPS) is 7.12. The Labute approximate surface area is 235 Å². The number of hydrogen-bond donors (Lipinski definition) is 2. The molecule has 0 aliphatic rings. The molecule has 0 aromatic heterocycles. The third kappa shape index (κ3) is 76.7. The summed E-state index contributed by atoms with van der Waals surface area (Å²) in [6, 6.07) is 0. The van der Waals surface area contributed by atoms with Gasteiger partial charge in [-0.3, -0.25) is 0 Å². The van der Waals surface area contributed by atoms with Crippen LogP contribution in [0.4, 0.5) is 0 Å². The third-order valence-corrected chi connectivity index (χ3v) is 1.47. The van der Waals surface area contributed by atoms with Crippen molar-refractivity contribution in [3.63, 3.8) is 0 Å². The Hall–Kier alpha value is 1.80. The molecule has 0 atom stereocenters. The maximum absolute atomic E-state index is 9.50. The molecule has 0 heterocycles. The van der Waals surface area contributed by atoms with Crippen molar-refractivity contribution in [1.29, 1.82) is 0 Å². The molecule has 0 aromatic rings. The van der Waals surface area contributed by atoms with Gasteiger partial charge in [0.05, 0.1) is 0 Å². The molecule has 14 heteroatoms. The van der Waals surface area contributed by atoms with Gasteiger partial charge in [0.1, 0.15) is 0 Å². The maximum atomic E-state index is 9.50. The molecule has 0 unspecified atom stereocenters. The predicted octanol–water partition coefficient (Wildman–Crippen LogP) is -18.2. The van der Waals surface area contributed by atoms with Gasteiger partial charge in [-0.05, 0) is 45.2 Å². The van der Waals surface area contributed by atoms with Gasteiger partial charge in [-0.2, -0.15) is 0 Å². The molecule has 10 nitrogen and oxygen atoms in total. The van der Waals surface area contributed by atoms with Crippen LogP contribution in [0.25, 0.3) is 0 Å². The zero-order chi connectivity index (χ0) is 17.3. The van der Waals surface area contributed by atoms with Crippen molar-refractivity contribution in [3.8, 4) is 0 Å². The Bertz CT molecular complexity index is 277. The van der Waals surface area contributed by atoms with Gasteiger partial charge in [0, 0.05) is 23.9 Å². The van der Waals surface area contributed by atoms with Crippen molar-refractivity contribution < 1.29 is 158 Å². The predicted molar refractivity (Wildman–Crippen MR) is 61.2 cm³/mol. The van der Waals surface area contributed by atoms with Crippen LogP contribution in [0.3, 0.4) is 0 Å². The molecule has 0 aromatic carbocycles. The first-order chi connectivity index (χ1) is 9.67. The van der Waals surface area contributed by atoms with Gasteiger partial charge in [0.25, 0.3) is 0 Å². The number of carboxylic acids is 4. The summed E-state index contributed by atoms with van der Waals surface area (Å²) in [7, 11) is 0. The maximum Gasteiger partial charge on any atom is 1.00 e. The van der Waals surface area contributed by atoms with Crippen LogP contribution >= 0.6 is 0 Å². The second-order valence-corrected chi connectivity index (χ2v) is 3.42. The number of carbonyl (C=O) groups excluding carboxylic acids is 4. The molecule has 25 heavy (non-hydrogen) atoms. The van der Waals surface area contributed by atoms with E-state index in [9.17, 15) is 39.6 Å². The zero-order valence-electron chi connectivity index (χ0n) is 15.4. The van der Waals surface area contributed by atoms with Crippen LogP contribution in [0.5, 0.6) is 0 Å². The minimum absolute atomic E-state index is 0. The van der Waals surface area contributed by atoms with Gasteiger partial charge in [-0.15, -0.1) is 0 Å². The zero-order valence-corrected chi connectivity index (χ0v) is 23.4. The first kappa shape index (κ1) is 45.5. The number of rotatable bonds is 8. The fourth-order valence-electron chi connectivity index (χ4n) is 0.526. The first-order valence-electron chi connectivity index (χ1n) is 5.86. The number of carboxylic acid groups (broad SMARTS) is 4. The minimum atomic E-state index is -1.37. The largest absolute Gasteiger partial charge is 1.00 e. The van der Waals surface area contributed by atoms with E-state index in [2.05, 4.69) is 0 Å². The molecular weight excluding hydrogens is 380 g/mol. The van der Waals surface area contributed by atoms with Crippen molar-refractivity contribution in [2.45, 2.75) is 32.1 Å². The van der Waals surface area contributed by atoms with Crippen molar-refractivity contribution in [3.05, 3.63) is 0 Å². The summed E-state index contributed by atoms with van der Waals surface area (Å²) < 4.78 is 0. The fourth-order valence-corrected chi connectivity index (χ4v) is 0.526. The quantitative estimate of drug-likeness (QED) is 0.368. The van der Waals surface area contributed by atoms with Crippen LogP contribution in [0.1, 0.15) is 32.1 Å². The topological polar surface area (TPSA) is 213 Å². The van der Waals surface area contributed by atoms with Gasteiger partial charge >= 0.3 is 118 Å². The second kappa shape index (κ2) is 36.7. The van der Waals surface area contributed by atoms with Crippen LogP contribution in [0, 0.1) is 0 Å². The Balaban J connectivity index is -0.0000000368.